The Labute approximate surface area is 180 Å². The number of nitro groups is 1. The van der Waals surface area contributed by atoms with E-state index >= 15 is 0 Å². The van der Waals surface area contributed by atoms with E-state index in [1.165, 1.54) is 29.5 Å². The maximum absolute atomic E-state index is 12.2. The topological polar surface area (TPSA) is 108 Å². The molecule has 156 valence electrons. The van der Waals surface area contributed by atoms with Crippen LogP contribution < -0.4 is 10.1 Å². The van der Waals surface area contributed by atoms with E-state index in [9.17, 15) is 14.9 Å². The van der Waals surface area contributed by atoms with Gasteiger partial charge in [0.2, 0.25) is 5.91 Å². The minimum absolute atomic E-state index is 0.00313. The summed E-state index contributed by atoms with van der Waals surface area (Å²) in [6.45, 7) is 2.52. The zero-order valence-corrected chi connectivity index (χ0v) is 17.2. The molecule has 0 atom stereocenters. The molecule has 0 aliphatic carbocycles. The molecule has 1 N–H and O–H groups in total. The third-order valence-corrected chi connectivity index (χ3v) is 5.07. The van der Waals surface area contributed by atoms with Crippen molar-refractivity contribution in [2.75, 3.05) is 11.9 Å². The fourth-order valence-corrected chi connectivity index (χ4v) is 3.58. The summed E-state index contributed by atoms with van der Waals surface area (Å²) in [5, 5.41) is 16.5. The van der Waals surface area contributed by atoms with Crippen molar-refractivity contribution in [3.8, 4) is 17.2 Å². The number of benzene rings is 2. The molecule has 0 saturated heterocycles. The van der Waals surface area contributed by atoms with Crippen LogP contribution in [0, 0.1) is 10.1 Å². The van der Waals surface area contributed by atoms with Crippen LogP contribution in [0.4, 0.5) is 10.8 Å². The predicted molar refractivity (Wildman–Crippen MR) is 119 cm³/mol. The summed E-state index contributed by atoms with van der Waals surface area (Å²) in [6.07, 6.45) is 2.92. The SMILES string of the molecule is CCOc1ccc2oc(-c3csc(NC(=O)/C=C\c4ccc([N+](=O)[O-])cc4)n3)cc2c1. The van der Waals surface area contributed by atoms with Gasteiger partial charge in [-0.1, -0.05) is 0 Å². The molecule has 0 aliphatic heterocycles. The van der Waals surface area contributed by atoms with E-state index in [1.807, 2.05) is 31.2 Å². The van der Waals surface area contributed by atoms with E-state index < -0.39 is 4.92 Å². The first-order chi connectivity index (χ1) is 15.0. The molecule has 2 aromatic heterocycles. The number of carbonyl (C=O) groups excluding carboxylic acids is 1. The van der Waals surface area contributed by atoms with Gasteiger partial charge in [-0.25, -0.2) is 4.98 Å². The van der Waals surface area contributed by atoms with Crippen LogP contribution in [-0.2, 0) is 4.79 Å². The number of non-ortho nitro benzene ring substituents is 1. The maximum atomic E-state index is 12.2. The minimum atomic E-state index is -0.472. The van der Waals surface area contributed by atoms with Crippen molar-refractivity contribution in [2.24, 2.45) is 0 Å². The average Bonchev–Trinajstić information content (AvgIpc) is 3.39. The van der Waals surface area contributed by atoms with Crippen LogP contribution in [0.25, 0.3) is 28.5 Å². The molecule has 4 rings (SSSR count). The molecule has 0 aliphatic rings. The number of furan rings is 1. The number of hydrogen-bond acceptors (Lipinski definition) is 7. The van der Waals surface area contributed by atoms with Crippen LogP contribution in [0.2, 0.25) is 0 Å². The summed E-state index contributed by atoms with van der Waals surface area (Å²) in [5.74, 6) is 1.01. The first kappa shape index (κ1) is 20.3. The molecule has 0 saturated carbocycles. The molecule has 0 spiro atoms. The lowest BCUT2D eigenvalue weighted by Crippen LogP contribution is -2.07. The van der Waals surface area contributed by atoms with Crippen molar-refractivity contribution >= 4 is 45.1 Å². The Morgan fingerprint density at radius 1 is 1.26 bits per heavy atom. The second kappa shape index (κ2) is 8.80. The zero-order valence-electron chi connectivity index (χ0n) is 16.4. The molecule has 0 bridgehead atoms. The Morgan fingerprint density at radius 2 is 2.06 bits per heavy atom. The highest BCUT2D eigenvalue weighted by atomic mass is 32.1. The highest BCUT2D eigenvalue weighted by Crippen LogP contribution is 2.32. The van der Waals surface area contributed by atoms with Gasteiger partial charge in [0.25, 0.3) is 5.69 Å². The predicted octanol–water partition coefficient (Wildman–Crippen LogP) is 5.52. The van der Waals surface area contributed by atoms with Gasteiger partial charge >= 0.3 is 0 Å². The van der Waals surface area contributed by atoms with Gasteiger partial charge < -0.3 is 9.15 Å². The lowest BCUT2D eigenvalue weighted by atomic mass is 10.2. The third kappa shape index (κ3) is 4.78. The summed E-state index contributed by atoms with van der Waals surface area (Å²) in [6, 6.07) is 13.4. The van der Waals surface area contributed by atoms with E-state index in [0.29, 0.717) is 28.8 Å². The first-order valence-electron chi connectivity index (χ1n) is 9.37. The van der Waals surface area contributed by atoms with E-state index in [0.717, 1.165) is 16.7 Å². The van der Waals surface area contributed by atoms with Crippen molar-refractivity contribution in [2.45, 2.75) is 6.92 Å². The van der Waals surface area contributed by atoms with Gasteiger partial charge in [0, 0.05) is 29.0 Å². The van der Waals surface area contributed by atoms with Crippen LogP contribution in [-0.4, -0.2) is 22.4 Å². The van der Waals surface area contributed by atoms with Gasteiger partial charge in [-0.3, -0.25) is 20.2 Å². The number of amides is 1. The van der Waals surface area contributed by atoms with Crippen LogP contribution in [0.1, 0.15) is 12.5 Å². The Balaban J connectivity index is 1.43. The second-order valence-electron chi connectivity index (χ2n) is 6.45. The molecule has 9 heteroatoms. The molecule has 2 aromatic carbocycles. The summed E-state index contributed by atoms with van der Waals surface area (Å²) in [4.78, 5) is 26.8. The molecule has 0 fully saturated rings. The van der Waals surface area contributed by atoms with Gasteiger partial charge in [0.15, 0.2) is 10.9 Å². The normalized spacial score (nSPS) is 11.1. The van der Waals surface area contributed by atoms with Crippen molar-refractivity contribution in [1.82, 2.24) is 4.98 Å². The Kier molecular flexibility index (Phi) is 5.76. The highest BCUT2D eigenvalue weighted by Gasteiger charge is 2.12. The Morgan fingerprint density at radius 3 is 2.81 bits per heavy atom. The number of fused-ring (bicyclic) bond motifs is 1. The number of nitrogens with zero attached hydrogens (tertiary/aromatic N) is 2. The minimum Gasteiger partial charge on any atom is -0.494 e. The molecule has 31 heavy (non-hydrogen) atoms. The standard InChI is InChI=1S/C22H17N3O5S/c1-2-29-17-8-9-19-15(11-17)12-20(30-19)18-13-31-22(23-18)24-21(26)10-5-14-3-6-16(7-4-14)25(27)28/h3-13H,2H2,1H3,(H,23,24,26)/b10-5-. The molecular formula is C22H17N3O5S. The highest BCUT2D eigenvalue weighted by molar-refractivity contribution is 7.14. The van der Waals surface area contributed by atoms with Crippen LogP contribution in [0.15, 0.2) is 64.4 Å². The lowest BCUT2D eigenvalue weighted by molar-refractivity contribution is -0.384. The Hall–Kier alpha value is -3.98. The number of carbonyl (C=O) groups is 1. The molecule has 4 aromatic rings. The number of thiazole rings is 1. The number of hydrogen-bond donors (Lipinski definition) is 1. The van der Waals surface area contributed by atoms with E-state index in [-0.39, 0.29) is 11.6 Å². The van der Waals surface area contributed by atoms with Crippen LogP contribution >= 0.6 is 11.3 Å². The average molecular weight is 435 g/mol. The van der Waals surface area contributed by atoms with E-state index in [4.69, 9.17) is 9.15 Å². The molecule has 8 nitrogen and oxygen atoms in total. The summed E-state index contributed by atoms with van der Waals surface area (Å²) < 4.78 is 11.4. The monoisotopic (exact) mass is 435 g/mol. The van der Waals surface area contributed by atoms with Gasteiger partial charge in [-0.2, -0.15) is 0 Å². The maximum Gasteiger partial charge on any atom is 0.269 e. The second-order valence-corrected chi connectivity index (χ2v) is 7.31. The fraction of sp³-hybridized carbons (Fsp3) is 0.0909. The number of nitrogens with one attached hydrogen (secondary N) is 1. The number of nitro benzene ring substituents is 1. The molecule has 0 unspecified atom stereocenters. The van der Waals surface area contributed by atoms with Gasteiger partial charge in [0.1, 0.15) is 17.0 Å². The fourth-order valence-electron chi connectivity index (χ4n) is 2.87. The number of aromatic nitrogens is 1. The number of anilines is 1. The largest absolute Gasteiger partial charge is 0.494 e. The van der Waals surface area contributed by atoms with Gasteiger partial charge in [-0.05, 0) is 55.0 Å². The van der Waals surface area contributed by atoms with E-state index in [2.05, 4.69) is 10.3 Å². The summed E-state index contributed by atoms with van der Waals surface area (Å²) in [7, 11) is 0. The van der Waals surface area contributed by atoms with Gasteiger partial charge in [-0.15, -0.1) is 11.3 Å². The van der Waals surface area contributed by atoms with Crippen molar-refractivity contribution in [3.63, 3.8) is 0 Å². The van der Waals surface area contributed by atoms with E-state index in [1.54, 1.807) is 23.6 Å². The lowest BCUT2D eigenvalue weighted by Gasteiger charge is -2.00. The molecule has 2 heterocycles. The van der Waals surface area contributed by atoms with Gasteiger partial charge in [0.05, 0.1) is 11.5 Å². The first-order valence-corrected chi connectivity index (χ1v) is 10.3. The van der Waals surface area contributed by atoms with Crippen molar-refractivity contribution < 1.29 is 18.9 Å². The van der Waals surface area contributed by atoms with Crippen LogP contribution in [0.5, 0.6) is 5.75 Å². The zero-order chi connectivity index (χ0) is 21.8. The molecule has 1 amide bonds. The van der Waals surface area contributed by atoms with Crippen LogP contribution in [0.3, 0.4) is 0 Å². The number of ether oxygens (including phenoxy) is 1. The molecule has 0 radical (unpaired) electrons. The quantitative estimate of drug-likeness (QED) is 0.233. The third-order valence-electron chi connectivity index (χ3n) is 4.32. The smallest absolute Gasteiger partial charge is 0.269 e. The summed E-state index contributed by atoms with van der Waals surface area (Å²) >= 11 is 1.28. The number of rotatable bonds is 7. The van der Waals surface area contributed by atoms with Crippen molar-refractivity contribution in [3.05, 3.63) is 75.7 Å². The molecular weight excluding hydrogens is 418 g/mol. The Bertz CT molecular complexity index is 1270. The van der Waals surface area contributed by atoms with Crippen molar-refractivity contribution in [1.29, 1.82) is 0 Å². The summed E-state index contributed by atoms with van der Waals surface area (Å²) in [5.41, 5.74) is 2.02.